The molecule has 3 aliphatic rings. The average molecular weight is 692 g/mol. The van der Waals surface area contributed by atoms with Gasteiger partial charge in [0.1, 0.15) is 11.4 Å². The van der Waals surface area contributed by atoms with E-state index in [9.17, 15) is 27.6 Å². The molecule has 0 spiro atoms. The second-order valence-electron chi connectivity index (χ2n) is 13.7. The van der Waals surface area contributed by atoms with Gasteiger partial charge in [-0.05, 0) is 106 Å². The summed E-state index contributed by atoms with van der Waals surface area (Å²) in [6, 6.07) is 17.1. The van der Waals surface area contributed by atoms with Crippen molar-refractivity contribution in [2.75, 3.05) is 64.3 Å². The number of halogens is 3. The Kier molecular flexibility index (Phi) is 11.2. The van der Waals surface area contributed by atoms with E-state index >= 15 is 0 Å². The van der Waals surface area contributed by atoms with Gasteiger partial charge in [-0.1, -0.05) is 12.1 Å². The first-order valence-corrected chi connectivity index (χ1v) is 17.4. The highest BCUT2D eigenvalue weighted by atomic mass is 19.4. The summed E-state index contributed by atoms with van der Waals surface area (Å²) in [7, 11) is 2.13. The van der Waals surface area contributed by atoms with Crippen LogP contribution in [0, 0.1) is 11.8 Å². The average Bonchev–Trinajstić information content (AvgIpc) is 3.12. The number of likely N-dealkylation sites (N-methyl/N-ethyl adjacent to an activating group) is 1. The molecule has 3 aromatic rings. The monoisotopic (exact) mass is 691 g/mol. The minimum absolute atomic E-state index is 0.00825. The van der Waals surface area contributed by atoms with Gasteiger partial charge in [-0.3, -0.25) is 24.3 Å². The van der Waals surface area contributed by atoms with Crippen LogP contribution in [-0.4, -0.2) is 103 Å². The summed E-state index contributed by atoms with van der Waals surface area (Å²) in [5.41, 5.74) is 3.52. The molecule has 50 heavy (non-hydrogen) atoms. The van der Waals surface area contributed by atoms with E-state index in [1.165, 1.54) is 18.3 Å². The molecule has 266 valence electrons. The molecule has 0 saturated carbocycles. The minimum atomic E-state index is -4.71. The quantitative estimate of drug-likeness (QED) is 0.241. The van der Waals surface area contributed by atoms with Crippen LogP contribution in [-0.2, 0) is 6.54 Å². The Balaban J connectivity index is 0.919. The molecule has 3 fully saturated rings. The summed E-state index contributed by atoms with van der Waals surface area (Å²) >= 11 is 0. The summed E-state index contributed by atoms with van der Waals surface area (Å²) in [5, 5.41) is 0. The molecular formula is C38H44F3N5O4. The van der Waals surface area contributed by atoms with E-state index in [-0.39, 0.29) is 40.8 Å². The van der Waals surface area contributed by atoms with Gasteiger partial charge >= 0.3 is 6.36 Å². The second kappa shape index (κ2) is 15.7. The summed E-state index contributed by atoms with van der Waals surface area (Å²) < 4.78 is 41.2. The van der Waals surface area contributed by atoms with Crippen LogP contribution < -0.4 is 9.64 Å². The van der Waals surface area contributed by atoms with Crippen LogP contribution in [0.2, 0.25) is 0 Å². The molecule has 2 aromatic carbocycles. The Morgan fingerprint density at radius 1 is 0.780 bits per heavy atom. The van der Waals surface area contributed by atoms with Gasteiger partial charge in [-0.2, -0.15) is 0 Å². The third-order valence-corrected chi connectivity index (χ3v) is 10.2. The maximum atomic E-state index is 13.3. The zero-order valence-electron chi connectivity index (χ0n) is 28.4. The van der Waals surface area contributed by atoms with Crippen molar-refractivity contribution in [1.82, 2.24) is 19.7 Å². The van der Waals surface area contributed by atoms with Crippen molar-refractivity contribution >= 4 is 23.2 Å². The Hall–Kier alpha value is -4.29. The van der Waals surface area contributed by atoms with Gasteiger partial charge in [0, 0.05) is 81.2 Å². The van der Waals surface area contributed by atoms with Crippen LogP contribution >= 0.6 is 0 Å². The normalized spacial score (nSPS) is 18.6. The summed E-state index contributed by atoms with van der Waals surface area (Å²) in [4.78, 5) is 52.5. The molecule has 0 radical (unpaired) electrons. The number of anilines is 1. The molecule has 3 aliphatic heterocycles. The zero-order valence-corrected chi connectivity index (χ0v) is 28.4. The minimum Gasteiger partial charge on any atom is -0.406 e. The third-order valence-electron chi connectivity index (χ3n) is 10.2. The van der Waals surface area contributed by atoms with Gasteiger partial charge in [0.15, 0.2) is 11.6 Å². The molecule has 0 N–H and O–H groups in total. The molecule has 6 rings (SSSR count). The smallest absolute Gasteiger partial charge is 0.406 e. The van der Waals surface area contributed by atoms with Crippen LogP contribution in [0.4, 0.5) is 18.9 Å². The van der Waals surface area contributed by atoms with Crippen LogP contribution in [0.3, 0.4) is 0 Å². The number of aromatic nitrogens is 1. The van der Waals surface area contributed by atoms with Crippen molar-refractivity contribution in [2.24, 2.45) is 11.8 Å². The first-order valence-electron chi connectivity index (χ1n) is 17.4. The van der Waals surface area contributed by atoms with Gasteiger partial charge in [0.2, 0.25) is 0 Å². The summed E-state index contributed by atoms with van der Waals surface area (Å²) in [5.74, 6) is -0.213. The number of ketones is 2. The van der Waals surface area contributed by atoms with E-state index in [4.69, 9.17) is 0 Å². The number of piperidine rings is 2. The number of carbonyl (C=O) groups is 3. The molecule has 12 heteroatoms. The number of nitrogens with zero attached hydrogens (tertiary/aromatic N) is 5. The lowest BCUT2D eigenvalue weighted by atomic mass is 9.88. The number of rotatable bonds is 10. The molecule has 0 aliphatic carbocycles. The maximum Gasteiger partial charge on any atom is 0.573 e. The van der Waals surface area contributed by atoms with E-state index in [2.05, 4.69) is 31.5 Å². The fourth-order valence-electron chi connectivity index (χ4n) is 7.11. The number of pyridine rings is 1. The maximum absolute atomic E-state index is 13.3. The number of hydrogen-bond acceptors (Lipinski definition) is 8. The fraction of sp³-hybridized carbons (Fsp3) is 0.474. The summed E-state index contributed by atoms with van der Waals surface area (Å²) in [6.07, 6.45) is 0.0478. The van der Waals surface area contributed by atoms with E-state index in [0.29, 0.717) is 50.0 Å². The van der Waals surface area contributed by atoms with Gasteiger partial charge < -0.3 is 19.4 Å². The molecule has 3 saturated heterocycles. The molecule has 9 nitrogen and oxygen atoms in total. The number of alkyl halides is 3. The molecule has 1 amide bonds. The predicted octanol–water partition coefficient (Wildman–Crippen LogP) is 5.95. The van der Waals surface area contributed by atoms with Crippen molar-refractivity contribution in [3.63, 3.8) is 0 Å². The number of carbonyl (C=O) groups excluding carboxylic acids is 3. The second-order valence-corrected chi connectivity index (χ2v) is 13.7. The van der Waals surface area contributed by atoms with Crippen LogP contribution in [0.1, 0.15) is 68.9 Å². The van der Waals surface area contributed by atoms with Crippen LogP contribution in [0.25, 0.3) is 0 Å². The van der Waals surface area contributed by atoms with Gasteiger partial charge in [-0.25, -0.2) is 0 Å². The Morgan fingerprint density at radius 2 is 1.42 bits per heavy atom. The highest BCUT2D eigenvalue weighted by Crippen LogP contribution is 2.27. The lowest BCUT2D eigenvalue weighted by molar-refractivity contribution is -0.274. The standard InChI is InChI=1S/C38H44F3N5O4/c1-43-20-22-45(23-21-43)32-7-4-29(5-8-32)36(48)30-14-18-46(19-15-30)37(49)34-11-6-31(25-42-34)35(47)24-27-12-16-44(17-13-27)26-28-2-9-33(10-3-28)50-38(39,40)41/h2-11,25,27,30H,12-24,26H2,1H3. The summed E-state index contributed by atoms with van der Waals surface area (Å²) in [6.45, 7) is 7.15. The Bertz CT molecular complexity index is 1610. The third kappa shape index (κ3) is 9.28. The topological polar surface area (TPSA) is 86.3 Å². The SMILES string of the molecule is CN1CCN(c2ccc(C(=O)C3CCN(C(=O)c4ccc(C(=O)CC5CCN(Cc6ccc(OC(F)(F)F)cc6)CC5)cn4)CC3)cc2)CC1. The Labute approximate surface area is 291 Å². The van der Waals surface area contributed by atoms with Crippen molar-refractivity contribution in [3.8, 4) is 5.75 Å². The number of likely N-dealkylation sites (tertiary alicyclic amines) is 2. The number of amides is 1. The van der Waals surface area contributed by atoms with Crippen molar-refractivity contribution < 1.29 is 32.3 Å². The van der Waals surface area contributed by atoms with E-state index in [0.717, 1.165) is 63.4 Å². The van der Waals surface area contributed by atoms with Crippen molar-refractivity contribution in [3.05, 3.63) is 89.2 Å². The fourth-order valence-corrected chi connectivity index (χ4v) is 7.11. The van der Waals surface area contributed by atoms with E-state index in [1.54, 1.807) is 29.2 Å². The molecule has 4 heterocycles. The number of ether oxygens (including phenoxy) is 1. The molecule has 0 unspecified atom stereocenters. The van der Waals surface area contributed by atoms with Gasteiger partial charge in [0.05, 0.1) is 0 Å². The van der Waals surface area contributed by atoms with Crippen molar-refractivity contribution in [2.45, 2.75) is 45.0 Å². The highest BCUT2D eigenvalue weighted by molar-refractivity contribution is 5.99. The lowest BCUT2D eigenvalue weighted by Crippen LogP contribution is -2.44. The number of hydrogen-bond donors (Lipinski definition) is 0. The van der Waals surface area contributed by atoms with Crippen LogP contribution in [0.5, 0.6) is 5.75 Å². The van der Waals surface area contributed by atoms with Gasteiger partial charge in [0.25, 0.3) is 5.91 Å². The van der Waals surface area contributed by atoms with Gasteiger partial charge in [-0.15, -0.1) is 13.2 Å². The zero-order chi connectivity index (χ0) is 35.3. The molecule has 1 aromatic heterocycles. The first-order chi connectivity index (χ1) is 24.0. The highest BCUT2D eigenvalue weighted by Gasteiger charge is 2.31. The number of benzene rings is 2. The number of Topliss-reactive ketones (excluding diaryl/α,β-unsaturated/α-hetero) is 2. The van der Waals surface area contributed by atoms with E-state index < -0.39 is 6.36 Å². The first kappa shape index (κ1) is 35.5. The number of piperazine rings is 1. The molecule has 0 atom stereocenters. The lowest BCUT2D eigenvalue weighted by Gasteiger charge is -2.34. The van der Waals surface area contributed by atoms with Crippen molar-refractivity contribution in [1.29, 1.82) is 0 Å². The van der Waals surface area contributed by atoms with E-state index in [1.807, 2.05) is 24.3 Å². The predicted molar refractivity (Wildman–Crippen MR) is 183 cm³/mol. The molecular weight excluding hydrogens is 647 g/mol. The largest absolute Gasteiger partial charge is 0.573 e. The van der Waals surface area contributed by atoms with Crippen LogP contribution in [0.15, 0.2) is 66.9 Å². The Morgan fingerprint density at radius 3 is 2.02 bits per heavy atom. The molecule has 0 bridgehead atoms.